The Kier molecular flexibility index (Phi) is 6.03. The summed E-state index contributed by atoms with van der Waals surface area (Å²) < 4.78 is 13.5. The lowest BCUT2D eigenvalue weighted by atomic mass is 10.1. The standard InChI is InChI=1S/C17H15ClFN3O2/c1-11-4-2-5-12(8-11)17(24)20-10-16(23)22-21-9-13-14(18)6-3-7-15(13)19/h2-9H,10H2,1H3,(H,20,24)(H,22,23)/b21-9+. The summed E-state index contributed by atoms with van der Waals surface area (Å²) in [6, 6.07) is 11.2. The molecule has 2 aromatic rings. The largest absolute Gasteiger partial charge is 0.343 e. The zero-order valence-corrected chi connectivity index (χ0v) is 13.6. The highest BCUT2D eigenvalue weighted by Crippen LogP contribution is 2.16. The van der Waals surface area contributed by atoms with Crippen LogP contribution in [0.4, 0.5) is 4.39 Å². The molecule has 0 radical (unpaired) electrons. The van der Waals surface area contributed by atoms with Crippen molar-refractivity contribution in [2.75, 3.05) is 6.54 Å². The Morgan fingerprint density at radius 1 is 1.25 bits per heavy atom. The maximum atomic E-state index is 13.5. The van der Waals surface area contributed by atoms with Gasteiger partial charge in [-0.15, -0.1) is 0 Å². The summed E-state index contributed by atoms with van der Waals surface area (Å²) in [6.07, 6.45) is 1.11. The number of nitrogens with zero attached hydrogens (tertiary/aromatic N) is 1. The third kappa shape index (κ3) is 4.89. The fourth-order valence-electron chi connectivity index (χ4n) is 1.89. The number of benzene rings is 2. The molecule has 0 heterocycles. The Hall–Kier alpha value is -2.73. The number of nitrogens with one attached hydrogen (secondary N) is 2. The summed E-state index contributed by atoms with van der Waals surface area (Å²) in [5.41, 5.74) is 3.67. The van der Waals surface area contributed by atoms with Crippen LogP contribution in [0.5, 0.6) is 0 Å². The summed E-state index contributed by atoms with van der Waals surface area (Å²) in [6.45, 7) is 1.61. The average molecular weight is 348 g/mol. The second kappa shape index (κ2) is 8.21. The molecule has 0 saturated carbocycles. The van der Waals surface area contributed by atoms with E-state index in [1.807, 2.05) is 13.0 Å². The number of amides is 2. The monoisotopic (exact) mass is 347 g/mol. The first-order chi connectivity index (χ1) is 11.5. The van der Waals surface area contributed by atoms with E-state index in [1.54, 1.807) is 18.2 Å². The number of hydrazone groups is 1. The Labute approximate surface area is 143 Å². The van der Waals surface area contributed by atoms with Crippen molar-refractivity contribution in [3.05, 3.63) is 70.0 Å². The van der Waals surface area contributed by atoms with Crippen molar-refractivity contribution in [1.82, 2.24) is 10.7 Å². The Balaban J connectivity index is 1.85. The Morgan fingerprint density at radius 3 is 2.71 bits per heavy atom. The smallest absolute Gasteiger partial charge is 0.259 e. The Bertz CT molecular complexity index is 773. The lowest BCUT2D eigenvalue weighted by molar-refractivity contribution is -0.120. The van der Waals surface area contributed by atoms with Gasteiger partial charge in [0.15, 0.2) is 0 Å². The van der Waals surface area contributed by atoms with Crippen molar-refractivity contribution in [1.29, 1.82) is 0 Å². The van der Waals surface area contributed by atoms with Gasteiger partial charge in [-0.2, -0.15) is 5.10 Å². The van der Waals surface area contributed by atoms with E-state index in [1.165, 1.54) is 18.2 Å². The van der Waals surface area contributed by atoms with Gasteiger partial charge in [0.25, 0.3) is 11.8 Å². The molecule has 0 aromatic heterocycles. The number of hydrogen-bond donors (Lipinski definition) is 2. The van der Waals surface area contributed by atoms with Crippen LogP contribution in [0, 0.1) is 12.7 Å². The van der Waals surface area contributed by atoms with Gasteiger partial charge in [0.2, 0.25) is 0 Å². The first kappa shape index (κ1) is 17.6. The first-order valence-electron chi connectivity index (χ1n) is 7.08. The zero-order valence-electron chi connectivity index (χ0n) is 12.8. The van der Waals surface area contributed by atoms with Crippen LogP contribution < -0.4 is 10.7 Å². The van der Waals surface area contributed by atoms with Crippen LogP contribution in [0.1, 0.15) is 21.5 Å². The normalized spacial score (nSPS) is 10.6. The quantitative estimate of drug-likeness (QED) is 0.645. The fraction of sp³-hybridized carbons (Fsp3) is 0.118. The van der Waals surface area contributed by atoms with Gasteiger partial charge in [0.1, 0.15) is 5.82 Å². The number of halogens is 2. The van der Waals surface area contributed by atoms with Gasteiger partial charge in [-0.1, -0.05) is 35.4 Å². The fourth-order valence-corrected chi connectivity index (χ4v) is 2.10. The molecular formula is C17H15ClFN3O2. The van der Waals surface area contributed by atoms with Crippen molar-refractivity contribution in [2.24, 2.45) is 5.10 Å². The van der Waals surface area contributed by atoms with Crippen LogP contribution in [-0.2, 0) is 4.79 Å². The molecule has 2 amide bonds. The molecule has 0 aliphatic carbocycles. The summed E-state index contributed by atoms with van der Waals surface area (Å²) in [5, 5.41) is 6.28. The molecule has 0 atom stereocenters. The molecule has 124 valence electrons. The van der Waals surface area contributed by atoms with Crippen LogP contribution >= 0.6 is 11.6 Å². The number of rotatable bonds is 5. The molecule has 24 heavy (non-hydrogen) atoms. The molecule has 0 aliphatic rings. The molecule has 2 N–H and O–H groups in total. The molecule has 5 nitrogen and oxygen atoms in total. The minimum Gasteiger partial charge on any atom is -0.343 e. The second-order valence-corrected chi connectivity index (χ2v) is 5.39. The Morgan fingerprint density at radius 2 is 2.00 bits per heavy atom. The van der Waals surface area contributed by atoms with Crippen LogP contribution in [-0.4, -0.2) is 24.6 Å². The molecular weight excluding hydrogens is 333 g/mol. The summed E-state index contributed by atoms with van der Waals surface area (Å²) in [4.78, 5) is 23.5. The molecule has 0 spiro atoms. The van der Waals surface area contributed by atoms with E-state index in [0.29, 0.717) is 5.56 Å². The zero-order chi connectivity index (χ0) is 17.5. The topological polar surface area (TPSA) is 70.6 Å². The van der Waals surface area contributed by atoms with Crippen LogP contribution in [0.25, 0.3) is 0 Å². The van der Waals surface area contributed by atoms with Gasteiger partial charge in [-0.3, -0.25) is 9.59 Å². The van der Waals surface area contributed by atoms with Crippen molar-refractivity contribution >= 4 is 29.6 Å². The number of hydrogen-bond acceptors (Lipinski definition) is 3. The van der Waals surface area contributed by atoms with Crippen molar-refractivity contribution in [2.45, 2.75) is 6.92 Å². The number of carbonyl (C=O) groups excluding carboxylic acids is 2. The minimum atomic E-state index is -0.548. The van der Waals surface area contributed by atoms with Crippen molar-refractivity contribution in [3.8, 4) is 0 Å². The predicted molar refractivity (Wildman–Crippen MR) is 90.7 cm³/mol. The third-order valence-electron chi connectivity index (χ3n) is 3.07. The van der Waals surface area contributed by atoms with E-state index in [9.17, 15) is 14.0 Å². The lowest BCUT2D eigenvalue weighted by Crippen LogP contribution is -2.34. The second-order valence-electron chi connectivity index (χ2n) is 4.98. The molecule has 0 saturated heterocycles. The van der Waals surface area contributed by atoms with Gasteiger partial charge in [-0.25, -0.2) is 9.82 Å². The molecule has 2 rings (SSSR count). The summed E-state index contributed by atoms with van der Waals surface area (Å²) in [5.74, 6) is -1.46. The van der Waals surface area contributed by atoms with E-state index in [-0.39, 0.29) is 23.0 Å². The average Bonchev–Trinajstić information content (AvgIpc) is 2.55. The van der Waals surface area contributed by atoms with E-state index in [2.05, 4.69) is 15.8 Å². The predicted octanol–water partition coefficient (Wildman–Crippen LogP) is 2.67. The minimum absolute atomic E-state index is 0.0725. The maximum absolute atomic E-state index is 13.5. The van der Waals surface area contributed by atoms with Crippen molar-refractivity contribution in [3.63, 3.8) is 0 Å². The number of carbonyl (C=O) groups is 2. The van der Waals surface area contributed by atoms with Gasteiger partial charge >= 0.3 is 0 Å². The van der Waals surface area contributed by atoms with Crippen LogP contribution in [0.15, 0.2) is 47.6 Å². The van der Waals surface area contributed by atoms with Gasteiger partial charge < -0.3 is 5.32 Å². The highest BCUT2D eigenvalue weighted by molar-refractivity contribution is 6.33. The highest BCUT2D eigenvalue weighted by atomic mass is 35.5. The molecule has 2 aromatic carbocycles. The summed E-state index contributed by atoms with van der Waals surface area (Å²) in [7, 11) is 0. The molecule has 7 heteroatoms. The van der Waals surface area contributed by atoms with Gasteiger partial charge in [0, 0.05) is 11.1 Å². The first-order valence-corrected chi connectivity index (χ1v) is 7.46. The number of aryl methyl sites for hydroxylation is 1. The van der Waals surface area contributed by atoms with E-state index in [0.717, 1.165) is 11.8 Å². The van der Waals surface area contributed by atoms with Crippen molar-refractivity contribution < 1.29 is 14.0 Å². The van der Waals surface area contributed by atoms with Crippen LogP contribution in [0.3, 0.4) is 0 Å². The molecule has 0 aliphatic heterocycles. The van der Waals surface area contributed by atoms with E-state index in [4.69, 9.17) is 11.6 Å². The van der Waals surface area contributed by atoms with Gasteiger partial charge in [0.05, 0.1) is 17.8 Å². The van der Waals surface area contributed by atoms with Crippen LogP contribution in [0.2, 0.25) is 5.02 Å². The third-order valence-corrected chi connectivity index (χ3v) is 3.40. The highest BCUT2D eigenvalue weighted by Gasteiger charge is 2.08. The van der Waals surface area contributed by atoms with E-state index >= 15 is 0 Å². The summed E-state index contributed by atoms with van der Waals surface area (Å²) >= 11 is 5.83. The molecule has 0 fully saturated rings. The molecule has 0 bridgehead atoms. The SMILES string of the molecule is Cc1cccc(C(=O)NCC(=O)N/N=C/c2c(F)cccc2Cl)c1. The van der Waals surface area contributed by atoms with Gasteiger partial charge in [-0.05, 0) is 31.2 Å². The van der Waals surface area contributed by atoms with E-state index < -0.39 is 11.7 Å². The lowest BCUT2D eigenvalue weighted by Gasteiger charge is -2.05. The maximum Gasteiger partial charge on any atom is 0.259 e. The molecule has 0 unspecified atom stereocenters.